The van der Waals surface area contributed by atoms with E-state index in [4.69, 9.17) is 9.47 Å². The lowest BCUT2D eigenvalue weighted by Crippen LogP contribution is -2.13. The third-order valence-electron chi connectivity index (χ3n) is 4.81. The second-order valence-corrected chi connectivity index (χ2v) is 9.13. The number of ether oxygens (including phenoxy) is 2. The normalized spacial score (nSPS) is 12.1. The minimum Gasteiger partial charge on any atom is -0.495 e. The van der Waals surface area contributed by atoms with Crippen molar-refractivity contribution in [3.05, 3.63) is 57.2 Å². The highest BCUT2D eigenvalue weighted by atomic mass is 32.2. The molecule has 11 heteroatoms. The molecule has 1 atom stereocenters. The summed E-state index contributed by atoms with van der Waals surface area (Å²) < 4.78 is 12.4. The van der Waals surface area contributed by atoms with Crippen LogP contribution in [0.3, 0.4) is 0 Å². The molecule has 0 saturated carbocycles. The van der Waals surface area contributed by atoms with Crippen LogP contribution in [0.15, 0.2) is 40.5 Å². The summed E-state index contributed by atoms with van der Waals surface area (Å²) in [6, 6.07) is 7.57. The molecule has 0 radical (unpaired) electrons. The fourth-order valence-corrected chi connectivity index (χ4v) is 5.23. The molecule has 3 heterocycles. The van der Waals surface area contributed by atoms with Gasteiger partial charge in [0.1, 0.15) is 27.6 Å². The third kappa shape index (κ3) is 4.00. The van der Waals surface area contributed by atoms with Crippen LogP contribution in [0, 0.1) is 6.92 Å². The number of H-pyrrole nitrogens is 1. The Morgan fingerprint density at radius 2 is 2.12 bits per heavy atom. The summed E-state index contributed by atoms with van der Waals surface area (Å²) in [5.41, 5.74) is 1.10. The van der Waals surface area contributed by atoms with Gasteiger partial charge >= 0.3 is 5.97 Å². The highest BCUT2D eigenvalue weighted by Crippen LogP contribution is 2.35. The predicted molar refractivity (Wildman–Crippen MR) is 123 cm³/mol. The molecule has 0 spiro atoms. The molecule has 0 saturated heterocycles. The van der Waals surface area contributed by atoms with E-state index in [0.717, 1.165) is 5.69 Å². The van der Waals surface area contributed by atoms with Crippen molar-refractivity contribution in [2.24, 2.45) is 0 Å². The van der Waals surface area contributed by atoms with Gasteiger partial charge in [-0.15, -0.1) is 21.5 Å². The first-order valence-corrected chi connectivity index (χ1v) is 11.5. The molecule has 4 rings (SSSR count). The van der Waals surface area contributed by atoms with E-state index in [1.54, 1.807) is 27.3 Å². The van der Waals surface area contributed by atoms with Gasteiger partial charge in [-0.05, 0) is 38.5 Å². The summed E-state index contributed by atoms with van der Waals surface area (Å²) in [5.74, 6) is 0.732. The van der Waals surface area contributed by atoms with Gasteiger partial charge in [0, 0.05) is 0 Å². The Balaban J connectivity index is 1.67. The molecule has 0 fully saturated rings. The van der Waals surface area contributed by atoms with Gasteiger partial charge in [-0.25, -0.2) is 9.78 Å². The van der Waals surface area contributed by atoms with Gasteiger partial charge in [0.25, 0.3) is 5.56 Å². The number of aryl methyl sites for hydroxylation is 1. The van der Waals surface area contributed by atoms with Crippen LogP contribution < -0.4 is 10.3 Å². The average Bonchev–Trinajstić information content (AvgIpc) is 3.38. The van der Waals surface area contributed by atoms with Gasteiger partial charge in [0.2, 0.25) is 0 Å². The van der Waals surface area contributed by atoms with Gasteiger partial charge in [-0.1, -0.05) is 23.9 Å². The number of hydrogen-bond acceptors (Lipinski definition) is 9. The van der Waals surface area contributed by atoms with E-state index < -0.39 is 5.97 Å². The Morgan fingerprint density at radius 1 is 1.34 bits per heavy atom. The number of aromatic nitrogens is 5. The Labute approximate surface area is 191 Å². The van der Waals surface area contributed by atoms with Crippen molar-refractivity contribution in [2.45, 2.75) is 31.2 Å². The molecular weight excluding hydrogens is 450 g/mol. The maximum absolute atomic E-state index is 12.8. The highest BCUT2D eigenvalue weighted by Gasteiger charge is 2.23. The Morgan fingerprint density at radius 3 is 2.88 bits per heavy atom. The lowest BCUT2D eigenvalue weighted by atomic mass is 10.2. The number of fused-ring (bicyclic) bond motifs is 1. The SMILES string of the molecule is CCOC(=O)c1sc2nc(C(C)Sc3nncn3-c3ccccc3OC)[nH]c(=O)c2c1C. The Hall–Kier alpha value is -3.18. The number of aromatic amines is 1. The monoisotopic (exact) mass is 471 g/mol. The molecule has 0 aliphatic heterocycles. The van der Waals surface area contributed by atoms with E-state index in [1.165, 1.54) is 23.1 Å². The van der Waals surface area contributed by atoms with Crippen LogP contribution in [0.25, 0.3) is 15.9 Å². The van der Waals surface area contributed by atoms with E-state index in [1.807, 2.05) is 35.8 Å². The quantitative estimate of drug-likeness (QED) is 0.319. The predicted octanol–water partition coefficient (Wildman–Crippen LogP) is 3.91. The number of thiophene rings is 1. The summed E-state index contributed by atoms with van der Waals surface area (Å²) in [6.45, 7) is 5.66. The Kier molecular flexibility index (Phi) is 6.28. The Bertz CT molecular complexity index is 1340. The number of rotatable bonds is 7. The second-order valence-electron chi connectivity index (χ2n) is 6.82. The van der Waals surface area contributed by atoms with Crippen LogP contribution in [0.5, 0.6) is 5.75 Å². The van der Waals surface area contributed by atoms with Crippen molar-refractivity contribution >= 4 is 39.3 Å². The number of thioether (sulfide) groups is 1. The van der Waals surface area contributed by atoms with Gasteiger partial charge in [-0.3, -0.25) is 9.36 Å². The summed E-state index contributed by atoms with van der Waals surface area (Å²) in [4.78, 5) is 33.4. The lowest BCUT2D eigenvalue weighted by molar-refractivity contribution is 0.0531. The molecule has 0 aliphatic carbocycles. The molecule has 1 N–H and O–H groups in total. The largest absolute Gasteiger partial charge is 0.495 e. The number of hydrogen-bond donors (Lipinski definition) is 1. The standard InChI is InChI=1S/C21H21N5O4S2/c1-5-30-20(28)16-11(2)15-18(27)23-17(24-19(15)32-16)12(3)31-21-25-22-10-26(21)13-8-6-7-9-14(13)29-4/h6-10,12H,5H2,1-4H3,(H,23,24,27). The molecular formula is C21H21N5O4S2. The fourth-order valence-electron chi connectivity index (χ4n) is 3.26. The smallest absolute Gasteiger partial charge is 0.348 e. The van der Waals surface area contributed by atoms with E-state index in [-0.39, 0.29) is 17.4 Å². The maximum Gasteiger partial charge on any atom is 0.348 e. The average molecular weight is 472 g/mol. The van der Waals surface area contributed by atoms with Gasteiger partial charge in [-0.2, -0.15) is 0 Å². The minimum atomic E-state index is -0.443. The number of para-hydroxylation sites is 2. The van der Waals surface area contributed by atoms with Crippen molar-refractivity contribution in [3.63, 3.8) is 0 Å². The first-order valence-electron chi connectivity index (χ1n) is 9.85. The molecule has 0 amide bonds. The van der Waals surface area contributed by atoms with E-state index in [9.17, 15) is 9.59 Å². The van der Waals surface area contributed by atoms with Crippen LogP contribution in [-0.4, -0.2) is 44.4 Å². The lowest BCUT2D eigenvalue weighted by Gasteiger charge is -2.13. The molecule has 0 aliphatic rings. The number of methoxy groups -OCH3 is 1. The van der Waals surface area contributed by atoms with Crippen LogP contribution in [0.4, 0.5) is 0 Å². The van der Waals surface area contributed by atoms with E-state index in [0.29, 0.717) is 37.4 Å². The van der Waals surface area contributed by atoms with Crippen LogP contribution in [0.2, 0.25) is 0 Å². The molecule has 1 aromatic carbocycles. The van der Waals surface area contributed by atoms with Gasteiger partial charge < -0.3 is 14.5 Å². The van der Waals surface area contributed by atoms with Crippen molar-refractivity contribution in [1.82, 2.24) is 24.7 Å². The molecule has 166 valence electrons. The van der Waals surface area contributed by atoms with Gasteiger partial charge in [0.15, 0.2) is 5.16 Å². The topological polar surface area (TPSA) is 112 Å². The number of nitrogens with one attached hydrogen (secondary N) is 1. The van der Waals surface area contributed by atoms with Crippen molar-refractivity contribution in [1.29, 1.82) is 0 Å². The molecule has 4 aromatic rings. The van der Waals surface area contributed by atoms with Crippen molar-refractivity contribution in [3.8, 4) is 11.4 Å². The van der Waals surface area contributed by atoms with Crippen LogP contribution >= 0.6 is 23.1 Å². The zero-order valence-electron chi connectivity index (χ0n) is 17.9. The first kappa shape index (κ1) is 22.0. The highest BCUT2D eigenvalue weighted by molar-refractivity contribution is 7.99. The summed E-state index contributed by atoms with van der Waals surface area (Å²) in [7, 11) is 1.61. The zero-order chi connectivity index (χ0) is 22.8. The van der Waals surface area contributed by atoms with Gasteiger partial charge in [0.05, 0.1) is 30.0 Å². The molecule has 9 nitrogen and oxygen atoms in total. The minimum absolute atomic E-state index is 0.238. The van der Waals surface area contributed by atoms with Crippen LogP contribution in [-0.2, 0) is 4.74 Å². The molecule has 0 bridgehead atoms. The maximum atomic E-state index is 12.8. The number of carbonyl (C=O) groups excluding carboxylic acids is 1. The number of carbonyl (C=O) groups is 1. The molecule has 32 heavy (non-hydrogen) atoms. The number of nitrogens with zero attached hydrogens (tertiary/aromatic N) is 4. The van der Waals surface area contributed by atoms with Crippen molar-refractivity contribution < 1.29 is 14.3 Å². The second kappa shape index (κ2) is 9.13. The van der Waals surface area contributed by atoms with Crippen molar-refractivity contribution in [2.75, 3.05) is 13.7 Å². The third-order valence-corrected chi connectivity index (χ3v) is 7.04. The number of esters is 1. The van der Waals surface area contributed by atoms with E-state index in [2.05, 4.69) is 20.2 Å². The summed E-state index contributed by atoms with van der Waals surface area (Å²) >= 11 is 2.57. The first-order chi connectivity index (χ1) is 15.4. The number of benzene rings is 1. The zero-order valence-corrected chi connectivity index (χ0v) is 19.5. The van der Waals surface area contributed by atoms with E-state index >= 15 is 0 Å². The molecule has 3 aromatic heterocycles. The molecule has 1 unspecified atom stereocenters. The summed E-state index contributed by atoms with van der Waals surface area (Å²) in [6.07, 6.45) is 1.61. The van der Waals surface area contributed by atoms with Crippen LogP contribution in [0.1, 0.15) is 40.2 Å². The fraction of sp³-hybridized carbons (Fsp3) is 0.286. The summed E-state index contributed by atoms with van der Waals surface area (Å²) in [5, 5.41) is 9.06.